The monoisotopic (exact) mass is 376 g/mol. The van der Waals surface area contributed by atoms with Gasteiger partial charge in [0.1, 0.15) is 12.3 Å². The van der Waals surface area contributed by atoms with Gasteiger partial charge in [-0.15, -0.1) is 0 Å². The first-order valence-corrected chi connectivity index (χ1v) is 10.1. The largest absolute Gasteiger partial charge is 0.495 e. The molecule has 0 unspecified atom stereocenters. The number of benzene rings is 1. The van der Waals surface area contributed by atoms with Crippen LogP contribution in [0.15, 0.2) is 18.2 Å². The number of carbonyl (C=O) groups excluding carboxylic acids is 1. The molecule has 0 fully saturated rings. The number of hydrogen-bond acceptors (Lipinski definition) is 4. The zero-order valence-corrected chi connectivity index (χ0v) is 16.2. The van der Waals surface area contributed by atoms with E-state index in [0.29, 0.717) is 24.5 Å². The lowest BCUT2D eigenvalue weighted by Gasteiger charge is -2.27. The van der Waals surface area contributed by atoms with E-state index in [-0.39, 0.29) is 17.5 Å². The lowest BCUT2D eigenvalue weighted by atomic mass is 10.3. The summed E-state index contributed by atoms with van der Waals surface area (Å²) in [5, 5.41) is 0.287. The molecule has 1 rings (SSSR count). The van der Waals surface area contributed by atoms with E-state index in [1.165, 1.54) is 13.2 Å². The highest BCUT2D eigenvalue weighted by atomic mass is 35.5. The molecule has 0 aliphatic carbocycles. The molecule has 0 N–H and O–H groups in total. The molecule has 6 nitrogen and oxygen atoms in total. The van der Waals surface area contributed by atoms with Gasteiger partial charge in [0.15, 0.2) is 0 Å². The molecule has 0 aromatic heterocycles. The minimum absolute atomic E-state index is 0.226. The third-order valence-electron chi connectivity index (χ3n) is 3.44. The standard InChI is InChI=1S/C16H25ClN2O4S/c1-5-9-18(10-6-2)16(20)12-19(24(4,21)22)13-7-8-15(23-3)14(17)11-13/h7-8,11H,5-6,9-10,12H2,1-4H3. The van der Waals surface area contributed by atoms with Gasteiger partial charge in [0.05, 0.1) is 24.1 Å². The number of hydrogen-bond donors (Lipinski definition) is 0. The van der Waals surface area contributed by atoms with Crippen LogP contribution in [-0.2, 0) is 14.8 Å². The van der Waals surface area contributed by atoms with Crippen molar-refractivity contribution in [3.05, 3.63) is 23.2 Å². The SMILES string of the molecule is CCCN(CCC)C(=O)CN(c1ccc(OC)c(Cl)c1)S(C)(=O)=O. The van der Waals surface area contributed by atoms with Crippen molar-refractivity contribution in [3.8, 4) is 5.75 Å². The molecule has 8 heteroatoms. The second-order valence-corrected chi connectivity index (χ2v) is 7.78. The van der Waals surface area contributed by atoms with Gasteiger partial charge in [0.2, 0.25) is 15.9 Å². The molecule has 24 heavy (non-hydrogen) atoms. The molecule has 0 aliphatic rings. The molecule has 0 bridgehead atoms. The zero-order valence-electron chi connectivity index (χ0n) is 14.6. The molecular weight excluding hydrogens is 352 g/mol. The van der Waals surface area contributed by atoms with Crippen LogP contribution >= 0.6 is 11.6 Å². The molecule has 0 heterocycles. The fourth-order valence-corrected chi connectivity index (χ4v) is 3.43. The smallest absolute Gasteiger partial charge is 0.243 e. The predicted molar refractivity (Wildman–Crippen MR) is 97.4 cm³/mol. The molecule has 136 valence electrons. The van der Waals surface area contributed by atoms with Crippen LogP contribution in [0, 0.1) is 0 Å². The highest BCUT2D eigenvalue weighted by Gasteiger charge is 2.24. The van der Waals surface area contributed by atoms with Crippen molar-refractivity contribution < 1.29 is 17.9 Å². The van der Waals surface area contributed by atoms with Gasteiger partial charge < -0.3 is 9.64 Å². The van der Waals surface area contributed by atoms with Gasteiger partial charge in [-0.2, -0.15) is 0 Å². The minimum atomic E-state index is -3.63. The fourth-order valence-electron chi connectivity index (χ4n) is 2.33. The summed E-state index contributed by atoms with van der Waals surface area (Å²) in [7, 11) is -2.15. The fraction of sp³-hybridized carbons (Fsp3) is 0.562. The van der Waals surface area contributed by atoms with Crippen LogP contribution in [0.2, 0.25) is 5.02 Å². The summed E-state index contributed by atoms with van der Waals surface area (Å²) < 4.78 is 30.4. The van der Waals surface area contributed by atoms with E-state index in [1.807, 2.05) is 13.8 Å². The van der Waals surface area contributed by atoms with Gasteiger partial charge in [-0.3, -0.25) is 9.10 Å². The van der Waals surface area contributed by atoms with Crippen LogP contribution in [0.1, 0.15) is 26.7 Å². The van der Waals surface area contributed by atoms with Crippen molar-refractivity contribution in [2.75, 3.05) is 37.3 Å². The predicted octanol–water partition coefficient (Wildman–Crippen LogP) is 2.76. The van der Waals surface area contributed by atoms with Gasteiger partial charge in [-0.25, -0.2) is 8.42 Å². The van der Waals surface area contributed by atoms with E-state index in [1.54, 1.807) is 17.0 Å². The van der Waals surface area contributed by atoms with E-state index in [0.717, 1.165) is 23.4 Å². The van der Waals surface area contributed by atoms with Crippen molar-refractivity contribution in [3.63, 3.8) is 0 Å². The first-order chi connectivity index (χ1) is 11.2. The summed E-state index contributed by atoms with van der Waals surface area (Å²) in [6, 6.07) is 4.64. The number of rotatable bonds is 9. The van der Waals surface area contributed by atoms with E-state index in [4.69, 9.17) is 16.3 Å². The molecular formula is C16H25ClN2O4S. The molecule has 1 amide bonds. The third-order valence-corrected chi connectivity index (χ3v) is 4.88. The Morgan fingerprint density at radius 1 is 1.21 bits per heavy atom. The zero-order chi connectivity index (χ0) is 18.3. The van der Waals surface area contributed by atoms with Crippen LogP contribution < -0.4 is 9.04 Å². The van der Waals surface area contributed by atoms with Gasteiger partial charge in [0.25, 0.3) is 0 Å². The topological polar surface area (TPSA) is 66.9 Å². The van der Waals surface area contributed by atoms with Crippen molar-refractivity contribution in [1.82, 2.24) is 4.90 Å². The average Bonchev–Trinajstić information content (AvgIpc) is 2.51. The number of halogens is 1. The summed E-state index contributed by atoms with van der Waals surface area (Å²) in [5.74, 6) is 0.217. The Hall–Kier alpha value is -1.47. The summed E-state index contributed by atoms with van der Waals surface area (Å²) in [4.78, 5) is 14.2. The highest BCUT2D eigenvalue weighted by Crippen LogP contribution is 2.30. The average molecular weight is 377 g/mol. The molecule has 0 saturated heterocycles. The Morgan fingerprint density at radius 3 is 2.21 bits per heavy atom. The molecule has 0 atom stereocenters. The van der Waals surface area contributed by atoms with Gasteiger partial charge in [0, 0.05) is 13.1 Å². The maximum absolute atomic E-state index is 12.5. The maximum atomic E-state index is 12.5. The van der Waals surface area contributed by atoms with Gasteiger partial charge in [-0.05, 0) is 31.0 Å². The van der Waals surface area contributed by atoms with E-state index in [9.17, 15) is 13.2 Å². The second-order valence-electron chi connectivity index (χ2n) is 5.47. The lowest BCUT2D eigenvalue weighted by molar-refractivity contribution is -0.129. The van der Waals surface area contributed by atoms with Crippen molar-refractivity contribution >= 4 is 33.2 Å². The Bertz CT molecular complexity index is 658. The van der Waals surface area contributed by atoms with Crippen LogP contribution in [-0.4, -0.2) is 52.2 Å². The first kappa shape index (κ1) is 20.6. The van der Waals surface area contributed by atoms with Gasteiger partial charge in [-0.1, -0.05) is 25.4 Å². The van der Waals surface area contributed by atoms with E-state index < -0.39 is 10.0 Å². The number of ether oxygens (including phenoxy) is 1. The lowest BCUT2D eigenvalue weighted by Crippen LogP contribution is -2.43. The highest BCUT2D eigenvalue weighted by molar-refractivity contribution is 7.92. The van der Waals surface area contributed by atoms with Crippen LogP contribution in [0.5, 0.6) is 5.75 Å². The van der Waals surface area contributed by atoms with E-state index >= 15 is 0 Å². The molecule has 0 spiro atoms. The summed E-state index contributed by atoms with van der Waals surface area (Å²) in [6.45, 7) is 4.92. The number of amides is 1. The number of carbonyl (C=O) groups is 1. The molecule has 0 saturated carbocycles. The molecule has 1 aromatic rings. The number of anilines is 1. The number of nitrogens with zero attached hydrogens (tertiary/aromatic N) is 2. The maximum Gasteiger partial charge on any atom is 0.243 e. The summed E-state index contributed by atoms with van der Waals surface area (Å²) in [6.07, 6.45) is 2.71. The van der Waals surface area contributed by atoms with Crippen LogP contribution in [0.25, 0.3) is 0 Å². The Labute approximate surface area is 149 Å². The molecule has 0 aliphatic heterocycles. The Kier molecular flexibility index (Phi) is 7.83. The van der Waals surface area contributed by atoms with Gasteiger partial charge >= 0.3 is 0 Å². The minimum Gasteiger partial charge on any atom is -0.495 e. The first-order valence-electron chi connectivity index (χ1n) is 7.83. The van der Waals surface area contributed by atoms with Crippen molar-refractivity contribution in [2.24, 2.45) is 0 Å². The van der Waals surface area contributed by atoms with Crippen LogP contribution in [0.4, 0.5) is 5.69 Å². The normalized spacial score (nSPS) is 11.2. The summed E-state index contributed by atoms with van der Waals surface area (Å²) >= 11 is 6.08. The second kappa shape index (κ2) is 9.13. The number of methoxy groups -OCH3 is 1. The van der Waals surface area contributed by atoms with E-state index in [2.05, 4.69) is 0 Å². The quantitative estimate of drug-likeness (QED) is 0.664. The summed E-state index contributed by atoms with van der Waals surface area (Å²) in [5.41, 5.74) is 0.338. The number of sulfonamides is 1. The van der Waals surface area contributed by atoms with Crippen molar-refractivity contribution in [2.45, 2.75) is 26.7 Å². The molecule has 0 radical (unpaired) electrons. The van der Waals surface area contributed by atoms with Crippen LogP contribution in [0.3, 0.4) is 0 Å². The Balaban J connectivity index is 3.11. The van der Waals surface area contributed by atoms with Crippen molar-refractivity contribution in [1.29, 1.82) is 0 Å². The molecule has 1 aromatic carbocycles. The Morgan fingerprint density at radius 2 is 1.79 bits per heavy atom. The third kappa shape index (κ3) is 5.56.